The Morgan fingerprint density at radius 1 is 1.33 bits per heavy atom. The molecule has 1 unspecified atom stereocenters. The van der Waals surface area contributed by atoms with Gasteiger partial charge >= 0.3 is 0 Å². The lowest BCUT2D eigenvalue weighted by Gasteiger charge is -2.22. The summed E-state index contributed by atoms with van der Waals surface area (Å²) >= 11 is 3.34. The van der Waals surface area contributed by atoms with Gasteiger partial charge in [-0.2, -0.15) is 0 Å². The number of hydrogen-bond donors (Lipinski definition) is 1. The maximum absolute atomic E-state index is 13.5. The standard InChI is InChI=1S/C15H23BrFN/c1-4-8-18-10-13(11(2)3)9-12-6-5-7-14(17)15(12)16/h5-7,11,13,18H,4,8-10H2,1-3H3. The highest BCUT2D eigenvalue weighted by molar-refractivity contribution is 9.10. The second kappa shape index (κ2) is 7.90. The summed E-state index contributed by atoms with van der Waals surface area (Å²) < 4.78 is 14.1. The molecule has 0 spiro atoms. The topological polar surface area (TPSA) is 12.0 Å². The maximum atomic E-state index is 13.5. The van der Waals surface area contributed by atoms with Crippen molar-refractivity contribution in [3.63, 3.8) is 0 Å². The minimum Gasteiger partial charge on any atom is -0.316 e. The van der Waals surface area contributed by atoms with Crippen LogP contribution in [0.1, 0.15) is 32.8 Å². The average molecular weight is 316 g/mol. The van der Waals surface area contributed by atoms with Crippen molar-refractivity contribution in [2.45, 2.75) is 33.6 Å². The number of rotatable bonds is 7. The quantitative estimate of drug-likeness (QED) is 0.735. The van der Waals surface area contributed by atoms with Gasteiger partial charge in [-0.05, 0) is 65.3 Å². The molecular formula is C15H23BrFN. The third kappa shape index (κ3) is 4.69. The smallest absolute Gasteiger partial charge is 0.137 e. The first-order valence-electron chi connectivity index (χ1n) is 6.69. The van der Waals surface area contributed by atoms with Crippen LogP contribution in [0.15, 0.2) is 22.7 Å². The van der Waals surface area contributed by atoms with Crippen molar-refractivity contribution in [1.29, 1.82) is 0 Å². The summed E-state index contributed by atoms with van der Waals surface area (Å²) in [5.41, 5.74) is 1.06. The van der Waals surface area contributed by atoms with E-state index in [1.807, 2.05) is 6.07 Å². The van der Waals surface area contributed by atoms with Crippen LogP contribution >= 0.6 is 15.9 Å². The summed E-state index contributed by atoms with van der Waals surface area (Å²) in [6.07, 6.45) is 2.06. The zero-order valence-electron chi connectivity index (χ0n) is 11.5. The van der Waals surface area contributed by atoms with Crippen molar-refractivity contribution in [3.05, 3.63) is 34.1 Å². The first-order chi connectivity index (χ1) is 8.56. The molecule has 3 heteroatoms. The van der Waals surface area contributed by atoms with E-state index in [9.17, 15) is 4.39 Å². The first-order valence-corrected chi connectivity index (χ1v) is 7.49. The summed E-state index contributed by atoms with van der Waals surface area (Å²) in [4.78, 5) is 0. The van der Waals surface area contributed by atoms with E-state index >= 15 is 0 Å². The van der Waals surface area contributed by atoms with Gasteiger partial charge in [0.05, 0.1) is 4.47 Å². The summed E-state index contributed by atoms with van der Waals surface area (Å²) in [6.45, 7) is 8.67. The summed E-state index contributed by atoms with van der Waals surface area (Å²) in [6, 6.07) is 5.28. The van der Waals surface area contributed by atoms with Crippen molar-refractivity contribution in [3.8, 4) is 0 Å². The second-order valence-corrected chi connectivity index (χ2v) is 5.92. The molecule has 0 fully saturated rings. The van der Waals surface area contributed by atoms with Gasteiger partial charge in [0.1, 0.15) is 5.82 Å². The molecule has 0 bridgehead atoms. The lowest BCUT2D eigenvalue weighted by molar-refractivity contribution is 0.360. The van der Waals surface area contributed by atoms with Gasteiger partial charge in [0.25, 0.3) is 0 Å². The lowest BCUT2D eigenvalue weighted by Crippen LogP contribution is -2.28. The molecule has 0 heterocycles. The lowest BCUT2D eigenvalue weighted by atomic mass is 9.89. The zero-order valence-corrected chi connectivity index (χ0v) is 13.1. The van der Waals surface area contributed by atoms with Crippen molar-refractivity contribution in [2.75, 3.05) is 13.1 Å². The van der Waals surface area contributed by atoms with Crippen molar-refractivity contribution < 1.29 is 4.39 Å². The Bertz CT molecular complexity index is 366. The van der Waals surface area contributed by atoms with Crippen LogP contribution in [0.3, 0.4) is 0 Å². The Labute approximate surface area is 118 Å². The van der Waals surface area contributed by atoms with Crippen molar-refractivity contribution in [1.82, 2.24) is 5.32 Å². The fraction of sp³-hybridized carbons (Fsp3) is 0.600. The van der Waals surface area contributed by atoms with Gasteiger partial charge in [0.15, 0.2) is 0 Å². The zero-order chi connectivity index (χ0) is 13.5. The van der Waals surface area contributed by atoms with Gasteiger partial charge in [0.2, 0.25) is 0 Å². The van der Waals surface area contributed by atoms with E-state index < -0.39 is 0 Å². The molecule has 0 aliphatic rings. The molecule has 1 rings (SSSR count). The van der Waals surface area contributed by atoms with E-state index in [0.717, 1.165) is 31.5 Å². The number of benzene rings is 1. The number of halogens is 2. The van der Waals surface area contributed by atoms with Gasteiger partial charge in [-0.25, -0.2) is 4.39 Å². The van der Waals surface area contributed by atoms with E-state index in [4.69, 9.17) is 0 Å². The van der Waals surface area contributed by atoms with Crippen LogP contribution in [-0.4, -0.2) is 13.1 Å². The summed E-state index contributed by atoms with van der Waals surface area (Å²) in [5, 5.41) is 3.46. The largest absolute Gasteiger partial charge is 0.316 e. The van der Waals surface area contributed by atoms with Crippen LogP contribution in [0.4, 0.5) is 4.39 Å². The molecule has 1 aromatic rings. The first kappa shape index (κ1) is 15.6. The summed E-state index contributed by atoms with van der Waals surface area (Å²) in [5.74, 6) is 0.954. The van der Waals surface area contributed by atoms with Crippen LogP contribution in [0.2, 0.25) is 0 Å². The Hall–Kier alpha value is -0.410. The van der Waals surface area contributed by atoms with Gasteiger partial charge in [0, 0.05) is 0 Å². The SMILES string of the molecule is CCCNCC(Cc1cccc(F)c1Br)C(C)C. The monoisotopic (exact) mass is 315 g/mol. The van der Waals surface area contributed by atoms with Crippen LogP contribution < -0.4 is 5.32 Å². The van der Waals surface area contributed by atoms with E-state index in [2.05, 4.69) is 42.0 Å². The number of hydrogen-bond acceptors (Lipinski definition) is 1. The Morgan fingerprint density at radius 3 is 2.67 bits per heavy atom. The molecule has 0 saturated heterocycles. The van der Waals surface area contributed by atoms with E-state index in [1.54, 1.807) is 6.07 Å². The van der Waals surface area contributed by atoms with Crippen LogP contribution in [0.25, 0.3) is 0 Å². The van der Waals surface area contributed by atoms with Crippen LogP contribution in [0.5, 0.6) is 0 Å². The third-order valence-corrected chi connectivity index (χ3v) is 4.18. The number of nitrogens with one attached hydrogen (secondary N) is 1. The fourth-order valence-corrected chi connectivity index (χ4v) is 2.42. The van der Waals surface area contributed by atoms with E-state index in [-0.39, 0.29) is 5.82 Å². The minimum absolute atomic E-state index is 0.170. The minimum atomic E-state index is -0.170. The highest BCUT2D eigenvalue weighted by Gasteiger charge is 2.16. The summed E-state index contributed by atoms with van der Waals surface area (Å²) in [7, 11) is 0. The Kier molecular flexibility index (Phi) is 6.87. The normalized spacial score (nSPS) is 13.0. The van der Waals surface area contributed by atoms with Crippen LogP contribution in [-0.2, 0) is 6.42 Å². The van der Waals surface area contributed by atoms with E-state index in [0.29, 0.717) is 16.3 Å². The molecule has 0 saturated carbocycles. The molecule has 0 aliphatic carbocycles. The van der Waals surface area contributed by atoms with Crippen LogP contribution in [0, 0.1) is 17.7 Å². The molecule has 18 heavy (non-hydrogen) atoms. The highest BCUT2D eigenvalue weighted by Crippen LogP contribution is 2.25. The molecular weight excluding hydrogens is 293 g/mol. The van der Waals surface area contributed by atoms with Gasteiger partial charge in [-0.1, -0.05) is 32.9 Å². The predicted molar refractivity (Wildman–Crippen MR) is 79.3 cm³/mol. The highest BCUT2D eigenvalue weighted by atomic mass is 79.9. The van der Waals surface area contributed by atoms with Gasteiger partial charge < -0.3 is 5.32 Å². The molecule has 1 N–H and O–H groups in total. The van der Waals surface area contributed by atoms with Crippen molar-refractivity contribution >= 4 is 15.9 Å². The maximum Gasteiger partial charge on any atom is 0.137 e. The molecule has 0 aliphatic heterocycles. The molecule has 1 aromatic carbocycles. The van der Waals surface area contributed by atoms with Gasteiger partial charge in [-0.3, -0.25) is 0 Å². The van der Waals surface area contributed by atoms with Gasteiger partial charge in [-0.15, -0.1) is 0 Å². The molecule has 0 amide bonds. The van der Waals surface area contributed by atoms with Crippen molar-refractivity contribution in [2.24, 2.45) is 11.8 Å². The third-order valence-electron chi connectivity index (χ3n) is 3.29. The molecule has 0 aromatic heterocycles. The second-order valence-electron chi connectivity index (χ2n) is 5.13. The molecule has 1 nitrogen and oxygen atoms in total. The Morgan fingerprint density at radius 2 is 2.06 bits per heavy atom. The molecule has 1 atom stereocenters. The predicted octanol–water partition coefficient (Wildman–Crippen LogP) is 4.40. The fourth-order valence-electron chi connectivity index (χ4n) is 2.00. The molecule has 102 valence electrons. The molecule has 0 radical (unpaired) electrons. The Balaban J connectivity index is 2.68. The average Bonchev–Trinajstić information content (AvgIpc) is 2.33. The van der Waals surface area contributed by atoms with E-state index in [1.165, 1.54) is 6.07 Å².